The highest BCUT2D eigenvalue weighted by Crippen LogP contribution is 2.47. The maximum atomic E-state index is 11.8. The molecule has 0 fully saturated rings. The second kappa shape index (κ2) is 8.47. The molecule has 0 saturated carbocycles. The molecule has 2 aromatic heterocycles. The summed E-state index contributed by atoms with van der Waals surface area (Å²) in [6.45, 7) is 0. The van der Waals surface area contributed by atoms with Crippen molar-refractivity contribution in [3.05, 3.63) is 81.5 Å². The van der Waals surface area contributed by atoms with E-state index in [0.717, 1.165) is 10.3 Å². The lowest BCUT2D eigenvalue weighted by molar-refractivity contribution is -0.912. The Labute approximate surface area is 210 Å². The van der Waals surface area contributed by atoms with E-state index in [9.17, 15) is 15.6 Å². The minimum absolute atomic E-state index is 0.186. The topological polar surface area (TPSA) is 132 Å². The summed E-state index contributed by atoms with van der Waals surface area (Å²) in [6.07, 6.45) is 1.99. The maximum absolute atomic E-state index is 11.8. The number of anilines is 1. The van der Waals surface area contributed by atoms with Gasteiger partial charge in [-0.15, -0.1) is 0 Å². The molecule has 35 heavy (non-hydrogen) atoms. The third-order valence-corrected chi connectivity index (χ3v) is 6.75. The van der Waals surface area contributed by atoms with E-state index in [2.05, 4.69) is 16.0 Å². The summed E-state index contributed by atoms with van der Waals surface area (Å²) < 4.78 is 6.57. The number of nitrogen functional groups attached to an aromatic ring is 1. The third kappa shape index (κ3) is 3.65. The molecule has 1 aliphatic rings. The number of hydrogen-bond donors (Lipinski definition) is 4. The fourth-order valence-electron chi connectivity index (χ4n) is 4.62. The molecule has 8 nitrogen and oxygen atoms in total. The van der Waals surface area contributed by atoms with Gasteiger partial charge in [0.25, 0.3) is 5.69 Å². The highest BCUT2D eigenvalue weighted by Gasteiger charge is 2.52. The second-order valence-electron chi connectivity index (χ2n) is 8.28. The number of hydrogen-bond acceptors (Lipinski definition) is 6. The first-order valence-corrected chi connectivity index (χ1v) is 11.4. The molecule has 5 N–H and O–H groups in total. The van der Waals surface area contributed by atoms with Gasteiger partial charge in [0.05, 0.1) is 29.9 Å². The average molecular weight is 509 g/mol. The molecule has 2 heterocycles. The molecule has 1 atom stereocenters. The van der Waals surface area contributed by atoms with Gasteiger partial charge in [0, 0.05) is 26.6 Å². The number of aromatic nitrogens is 3. The zero-order valence-electron chi connectivity index (χ0n) is 18.5. The van der Waals surface area contributed by atoms with Crippen LogP contribution in [0.5, 0.6) is 5.75 Å². The van der Waals surface area contributed by atoms with E-state index >= 15 is 0 Å². The van der Waals surface area contributed by atoms with Gasteiger partial charge < -0.3 is 20.6 Å². The largest absolute Gasteiger partial charge is 0.495 e. The fourth-order valence-corrected chi connectivity index (χ4v) is 5.03. The van der Waals surface area contributed by atoms with E-state index in [1.807, 2.05) is 0 Å². The number of imidazole rings is 1. The molecular formula is C25H20Cl2N5O3+. The third-order valence-electron chi connectivity index (χ3n) is 6.25. The first kappa shape index (κ1) is 23.0. The lowest BCUT2D eigenvalue weighted by Crippen LogP contribution is -2.44. The van der Waals surface area contributed by atoms with Crippen LogP contribution in [0.4, 0.5) is 5.69 Å². The van der Waals surface area contributed by atoms with Gasteiger partial charge in [-0.2, -0.15) is 5.26 Å². The predicted octanol–water partition coefficient (Wildman–Crippen LogP) is 4.22. The molecule has 0 bridgehead atoms. The van der Waals surface area contributed by atoms with Gasteiger partial charge in [-0.1, -0.05) is 35.3 Å². The Balaban J connectivity index is 1.67. The Morgan fingerprint density at radius 1 is 1.20 bits per heavy atom. The summed E-state index contributed by atoms with van der Waals surface area (Å²) >= 11 is 12.6. The van der Waals surface area contributed by atoms with Gasteiger partial charge in [-0.25, -0.2) is 4.98 Å². The zero-order valence-corrected chi connectivity index (χ0v) is 20.0. The van der Waals surface area contributed by atoms with Crippen LogP contribution in [0.2, 0.25) is 10.2 Å². The van der Waals surface area contributed by atoms with Gasteiger partial charge in [-0.3, -0.25) is 5.21 Å². The molecule has 176 valence electrons. The summed E-state index contributed by atoms with van der Waals surface area (Å²) in [5.74, 6) is 0.613. The van der Waals surface area contributed by atoms with E-state index in [-0.39, 0.29) is 23.1 Å². The number of halogens is 2. The van der Waals surface area contributed by atoms with Gasteiger partial charge in [-0.05, 0) is 43.2 Å². The van der Waals surface area contributed by atoms with Crippen molar-refractivity contribution in [3.8, 4) is 34.2 Å². The molecule has 0 amide bonds. The van der Waals surface area contributed by atoms with Gasteiger partial charge in [0.2, 0.25) is 11.8 Å². The molecule has 4 aromatic rings. The van der Waals surface area contributed by atoms with Crippen LogP contribution < -0.4 is 15.2 Å². The SMILES string of the molecule is COc1c(-c2cc(Cl)ccc2C#N)c[n+](O)c2c1CCC2(O)c1nc(-c2ccc(N)cc2)c(Cl)[nH]1. The molecule has 0 aliphatic heterocycles. The fraction of sp³-hybridized carbons (Fsp3) is 0.160. The minimum Gasteiger partial charge on any atom is -0.495 e. The van der Waals surface area contributed by atoms with Crippen LogP contribution in [0, 0.1) is 11.3 Å². The number of nitrogens with one attached hydrogen (secondary N) is 1. The van der Waals surface area contributed by atoms with Crippen LogP contribution in [-0.2, 0) is 12.0 Å². The van der Waals surface area contributed by atoms with Crippen molar-refractivity contribution in [3.63, 3.8) is 0 Å². The number of fused-ring (bicyclic) bond motifs is 1. The van der Waals surface area contributed by atoms with Crippen molar-refractivity contribution >= 4 is 28.9 Å². The normalized spacial score (nSPS) is 16.7. The van der Waals surface area contributed by atoms with Crippen molar-refractivity contribution in [1.82, 2.24) is 9.97 Å². The second-order valence-corrected chi connectivity index (χ2v) is 9.09. The maximum Gasteiger partial charge on any atom is 0.280 e. The van der Waals surface area contributed by atoms with Crippen LogP contribution in [0.15, 0.2) is 48.7 Å². The van der Waals surface area contributed by atoms with Crippen LogP contribution in [0.3, 0.4) is 0 Å². The molecule has 1 aliphatic carbocycles. The number of H-pyrrole nitrogens is 1. The van der Waals surface area contributed by atoms with Crippen molar-refractivity contribution < 1.29 is 19.8 Å². The van der Waals surface area contributed by atoms with E-state index in [1.165, 1.54) is 13.3 Å². The summed E-state index contributed by atoms with van der Waals surface area (Å²) in [5, 5.41) is 33.1. The van der Waals surface area contributed by atoms with Crippen molar-refractivity contribution in [2.24, 2.45) is 0 Å². The Morgan fingerprint density at radius 2 is 1.94 bits per heavy atom. The van der Waals surface area contributed by atoms with Gasteiger partial charge >= 0.3 is 0 Å². The average Bonchev–Trinajstić information content (AvgIpc) is 3.41. The minimum atomic E-state index is -1.67. The number of pyridine rings is 1. The number of nitriles is 1. The Hall–Kier alpha value is -3.77. The molecule has 1 unspecified atom stereocenters. The summed E-state index contributed by atoms with van der Waals surface area (Å²) in [4.78, 5) is 7.54. The van der Waals surface area contributed by atoms with E-state index in [4.69, 9.17) is 33.7 Å². The van der Waals surface area contributed by atoms with Crippen molar-refractivity contribution in [1.29, 1.82) is 5.26 Å². The van der Waals surface area contributed by atoms with Crippen molar-refractivity contribution in [2.75, 3.05) is 12.8 Å². The van der Waals surface area contributed by atoms with E-state index in [1.54, 1.807) is 42.5 Å². The van der Waals surface area contributed by atoms with Gasteiger partial charge in [0.1, 0.15) is 16.6 Å². The Bertz CT molecular complexity index is 1510. The highest BCUT2D eigenvalue weighted by atomic mass is 35.5. The first-order valence-electron chi connectivity index (χ1n) is 10.7. The summed E-state index contributed by atoms with van der Waals surface area (Å²) in [5.41, 5.74) is 8.02. The van der Waals surface area contributed by atoms with Crippen LogP contribution in [0.25, 0.3) is 22.4 Å². The Morgan fingerprint density at radius 3 is 2.63 bits per heavy atom. The zero-order chi connectivity index (χ0) is 24.9. The first-order chi connectivity index (χ1) is 16.8. The number of methoxy groups -OCH3 is 1. The number of aliphatic hydroxyl groups is 1. The lowest BCUT2D eigenvalue weighted by atomic mass is 9.96. The smallest absolute Gasteiger partial charge is 0.280 e. The highest BCUT2D eigenvalue weighted by molar-refractivity contribution is 6.32. The molecule has 10 heteroatoms. The molecule has 0 saturated heterocycles. The summed E-state index contributed by atoms with van der Waals surface area (Å²) in [7, 11) is 1.50. The number of aromatic amines is 1. The molecule has 5 rings (SSSR count). The van der Waals surface area contributed by atoms with Crippen LogP contribution in [0.1, 0.15) is 29.1 Å². The number of benzene rings is 2. The van der Waals surface area contributed by atoms with Crippen molar-refractivity contribution in [2.45, 2.75) is 18.4 Å². The van der Waals surface area contributed by atoms with Crippen LogP contribution in [-0.4, -0.2) is 27.4 Å². The number of nitrogens with two attached hydrogens (primary N) is 1. The molecular weight excluding hydrogens is 489 g/mol. The Kier molecular flexibility index (Phi) is 5.56. The number of ether oxygens (including phenoxy) is 1. The van der Waals surface area contributed by atoms with Crippen LogP contribution >= 0.6 is 23.2 Å². The monoisotopic (exact) mass is 508 g/mol. The predicted molar refractivity (Wildman–Crippen MR) is 130 cm³/mol. The quantitative estimate of drug-likeness (QED) is 0.185. The molecule has 0 radical (unpaired) electrons. The standard InChI is InChI=1S/C25H20Cl2N5O3/c1-35-21-17-8-9-25(33,24-30-20(23(27)31-24)13-3-6-16(29)7-4-13)22(17)32(34)12-19(21)18-10-15(26)5-2-14(18)11-28/h2-7,10,12,33-34H,8-9,29H2,1H3,(H,30,31)/q+1. The molecule has 0 spiro atoms. The van der Waals surface area contributed by atoms with Gasteiger partial charge in [0.15, 0.2) is 5.82 Å². The number of nitrogens with zero attached hydrogens (tertiary/aromatic N) is 3. The number of rotatable bonds is 4. The molecule has 2 aromatic carbocycles. The van der Waals surface area contributed by atoms with E-state index < -0.39 is 5.60 Å². The summed E-state index contributed by atoms with van der Waals surface area (Å²) in [6, 6.07) is 14.0. The lowest BCUT2D eigenvalue weighted by Gasteiger charge is -2.18. The van der Waals surface area contributed by atoms with E-state index in [0.29, 0.717) is 50.8 Å².